The molecule has 1 aromatic carbocycles. The van der Waals surface area contributed by atoms with Crippen LogP contribution in [0.25, 0.3) is 11.3 Å². The number of hydrogen-bond donors (Lipinski definition) is 0. The van der Waals surface area contributed by atoms with Gasteiger partial charge in [-0.05, 0) is 60.9 Å². The lowest BCUT2D eigenvalue weighted by Crippen LogP contribution is -2.01. The van der Waals surface area contributed by atoms with E-state index in [1.165, 1.54) is 29.1 Å². The molecular weight excluding hydrogens is 372 g/mol. The molecular formula is C23H25ClN2S. The van der Waals surface area contributed by atoms with Gasteiger partial charge >= 0.3 is 0 Å². The number of hydrogen-bond acceptors (Lipinski definition) is 2. The molecule has 0 amide bonds. The van der Waals surface area contributed by atoms with E-state index in [1.807, 2.05) is 0 Å². The van der Waals surface area contributed by atoms with Crippen LogP contribution in [-0.4, -0.2) is 16.0 Å². The number of benzene rings is 1. The highest BCUT2D eigenvalue weighted by molar-refractivity contribution is 8.02. The summed E-state index contributed by atoms with van der Waals surface area (Å²) in [6, 6.07) is 11.0. The monoisotopic (exact) mass is 396 g/mol. The van der Waals surface area contributed by atoms with Crippen molar-refractivity contribution < 1.29 is 0 Å². The van der Waals surface area contributed by atoms with Gasteiger partial charge in [0.25, 0.3) is 0 Å². The highest BCUT2D eigenvalue weighted by Gasteiger charge is 2.28. The van der Waals surface area contributed by atoms with Crippen LogP contribution in [0.4, 0.5) is 0 Å². The Morgan fingerprint density at radius 1 is 1.22 bits per heavy atom. The SMILES string of the molecule is CCCc1cc(C2CC2)n(-c2ccc(C3=C(Cl)CC=CC(SC)=C3)cc2)n1. The Kier molecular flexibility index (Phi) is 5.60. The van der Waals surface area contributed by atoms with Crippen molar-refractivity contribution in [3.63, 3.8) is 0 Å². The van der Waals surface area contributed by atoms with E-state index in [-0.39, 0.29) is 0 Å². The molecule has 0 N–H and O–H groups in total. The second kappa shape index (κ2) is 8.12. The Morgan fingerprint density at radius 2 is 2.00 bits per heavy atom. The highest BCUT2D eigenvalue weighted by atomic mass is 35.5. The van der Waals surface area contributed by atoms with Gasteiger partial charge in [-0.25, -0.2) is 4.68 Å². The first kappa shape index (κ1) is 18.6. The molecule has 4 rings (SSSR count). The van der Waals surface area contributed by atoms with E-state index in [2.05, 4.69) is 66.4 Å². The van der Waals surface area contributed by atoms with Crippen LogP contribution in [0.2, 0.25) is 0 Å². The largest absolute Gasteiger partial charge is 0.237 e. The van der Waals surface area contributed by atoms with Crippen LogP contribution >= 0.6 is 23.4 Å². The molecule has 2 nitrogen and oxygen atoms in total. The standard InChI is InChI=1S/C23H25ClN2S/c1-3-5-18-14-23(17-8-9-17)26(25-18)19-12-10-16(11-13-19)21-15-20(27-2)6-4-7-22(21)24/h4,6,10-15,17H,3,5,7-9H2,1-2H3. The van der Waals surface area contributed by atoms with Gasteiger partial charge in [0.05, 0.1) is 11.4 Å². The number of thioether (sulfide) groups is 1. The lowest BCUT2D eigenvalue weighted by Gasteiger charge is -2.10. The minimum absolute atomic E-state index is 0.680. The molecule has 4 heteroatoms. The molecule has 0 spiro atoms. The van der Waals surface area contributed by atoms with Gasteiger partial charge in [0.1, 0.15) is 0 Å². The first-order chi connectivity index (χ1) is 13.2. The first-order valence-corrected chi connectivity index (χ1v) is 11.3. The summed E-state index contributed by atoms with van der Waals surface area (Å²) in [5, 5.41) is 5.78. The smallest absolute Gasteiger partial charge is 0.0649 e. The van der Waals surface area contributed by atoms with Crippen molar-refractivity contribution in [3.8, 4) is 5.69 Å². The molecule has 0 bridgehead atoms. The molecule has 140 valence electrons. The zero-order chi connectivity index (χ0) is 18.8. The third-order valence-corrected chi connectivity index (χ3v) is 6.19. The van der Waals surface area contributed by atoms with Gasteiger partial charge in [0, 0.05) is 28.0 Å². The van der Waals surface area contributed by atoms with Crippen molar-refractivity contribution >= 4 is 28.9 Å². The van der Waals surface area contributed by atoms with Crippen molar-refractivity contribution in [1.82, 2.24) is 9.78 Å². The van der Waals surface area contributed by atoms with Crippen LogP contribution in [0, 0.1) is 0 Å². The van der Waals surface area contributed by atoms with Gasteiger partial charge in [0.2, 0.25) is 0 Å². The molecule has 1 aromatic heterocycles. The van der Waals surface area contributed by atoms with Crippen molar-refractivity contribution in [3.05, 3.63) is 75.4 Å². The summed E-state index contributed by atoms with van der Waals surface area (Å²) in [7, 11) is 0. The van der Waals surface area contributed by atoms with E-state index in [1.54, 1.807) is 11.8 Å². The predicted octanol–water partition coefficient (Wildman–Crippen LogP) is 6.86. The average molecular weight is 397 g/mol. The topological polar surface area (TPSA) is 17.8 Å². The quantitative estimate of drug-likeness (QED) is 0.530. The second-order valence-corrected chi connectivity index (χ2v) is 8.56. The van der Waals surface area contributed by atoms with Crippen LogP contribution in [0.5, 0.6) is 0 Å². The molecule has 2 aliphatic carbocycles. The van der Waals surface area contributed by atoms with Crippen LogP contribution in [0.1, 0.15) is 55.5 Å². The summed E-state index contributed by atoms with van der Waals surface area (Å²) >= 11 is 8.32. The van der Waals surface area contributed by atoms with E-state index in [0.717, 1.165) is 41.1 Å². The average Bonchev–Trinajstić information content (AvgIpc) is 3.47. The third kappa shape index (κ3) is 4.09. The van der Waals surface area contributed by atoms with Crippen LogP contribution in [0.3, 0.4) is 0 Å². The Morgan fingerprint density at radius 3 is 2.67 bits per heavy atom. The van der Waals surface area contributed by atoms with Gasteiger partial charge in [-0.15, -0.1) is 11.8 Å². The van der Waals surface area contributed by atoms with Gasteiger partial charge in [-0.2, -0.15) is 5.10 Å². The molecule has 0 saturated heterocycles. The third-order valence-electron chi connectivity index (χ3n) is 5.11. The normalized spacial score (nSPS) is 17.2. The summed E-state index contributed by atoms with van der Waals surface area (Å²) in [4.78, 5) is 1.23. The number of aromatic nitrogens is 2. The maximum atomic E-state index is 6.57. The summed E-state index contributed by atoms with van der Waals surface area (Å²) < 4.78 is 2.15. The fraction of sp³-hybridized carbons (Fsp3) is 0.348. The lowest BCUT2D eigenvalue weighted by atomic mass is 10.0. The fourth-order valence-electron chi connectivity index (χ4n) is 3.51. The van der Waals surface area contributed by atoms with E-state index < -0.39 is 0 Å². The number of allylic oxidation sites excluding steroid dienone is 5. The molecule has 0 unspecified atom stereocenters. The molecule has 0 aliphatic heterocycles. The zero-order valence-electron chi connectivity index (χ0n) is 15.9. The lowest BCUT2D eigenvalue weighted by molar-refractivity contribution is 0.774. The molecule has 0 radical (unpaired) electrons. The van der Waals surface area contributed by atoms with Crippen LogP contribution in [0.15, 0.2) is 58.5 Å². The molecule has 1 heterocycles. The zero-order valence-corrected chi connectivity index (χ0v) is 17.5. The van der Waals surface area contributed by atoms with Gasteiger partial charge in [-0.3, -0.25) is 0 Å². The van der Waals surface area contributed by atoms with Crippen LogP contribution in [-0.2, 0) is 6.42 Å². The minimum atomic E-state index is 0.680. The fourth-order valence-corrected chi connectivity index (χ4v) is 4.23. The van der Waals surface area contributed by atoms with Crippen molar-refractivity contribution in [2.75, 3.05) is 6.26 Å². The van der Waals surface area contributed by atoms with Crippen LogP contribution < -0.4 is 0 Å². The van der Waals surface area contributed by atoms with E-state index in [0.29, 0.717) is 5.92 Å². The van der Waals surface area contributed by atoms with Crippen molar-refractivity contribution in [1.29, 1.82) is 0 Å². The molecule has 1 saturated carbocycles. The van der Waals surface area contributed by atoms with E-state index in [9.17, 15) is 0 Å². The summed E-state index contributed by atoms with van der Waals surface area (Å²) in [6.07, 6.45) is 14.1. The molecule has 2 aromatic rings. The van der Waals surface area contributed by atoms with Gasteiger partial charge < -0.3 is 0 Å². The van der Waals surface area contributed by atoms with Gasteiger partial charge in [-0.1, -0.05) is 49.2 Å². The molecule has 1 fully saturated rings. The second-order valence-electron chi connectivity index (χ2n) is 7.22. The summed E-state index contributed by atoms with van der Waals surface area (Å²) in [5.74, 6) is 0.680. The predicted molar refractivity (Wildman–Crippen MR) is 118 cm³/mol. The summed E-state index contributed by atoms with van der Waals surface area (Å²) in [6.45, 7) is 2.21. The van der Waals surface area contributed by atoms with E-state index >= 15 is 0 Å². The molecule has 27 heavy (non-hydrogen) atoms. The number of aryl methyl sites for hydroxylation is 1. The maximum Gasteiger partial charge on any atom is 0.0649 e. The minimum Gasteiger partial charge on any atom is -0.237 e. The van der Waals surface area contributed by atoms with E-state index in [4.69, 9.17) is 16.7 Å². The van der Waals surface area contributed by atoms with Crippen molar-refractivity contribution in [2.24, 2.45) is 0 Å². The number of nitrogens with zero attached hydrogens (tertiary/aromatic N) is 2. The van der Waals surface area contributed by atoms with Crippen molar-refractivity contribution in [2.45, 2.75) is 44.9 Å². The Labute approximate surface area is 171 Å². The Bertz CT molecular complexity index is 914. The highest BCUT2D eigenvalue weighted by Crippen LogP contribution is 2.41. The van der Waals surface area contributed by atoms with Gasteiger partial charge in [0.15, 0.2) is 0 Å². The number of rotatable bonds is 6. The molecule has 0 atom stereocenters. The molecule has 2 aliphatic rings. The Hall–Kier alpha value is -1.71. The number of halogens is 1. The Balaban J connectivity index is 1.67. The maximum absolute atomic E-state index is 6.57. The summed E-state index contributed by atoms with van der Waals surface area (Å²) in [5.41, 5.74) is 5.99. The first-order valence-electron chi connectivity index (χ1n) is 9.70.